The van der Waals surface area contributed by atoms with Crippen LogP contribution in [0.25, 0.3) is 6.08 Å². The maximum Gasteiger partial charge on any atom is 0.329 e. The summed E-state index contributed by atoms with van der Waals surface area (Å²) in [4.78, 5) is 58.3. The highest BCUT2D eigenvalue weighted by Gasteiger charge is 2.56. The van der Waals surface area contributed by atoms with Gasteiger partial charge in [-0.05, 0) is 125 Å². The third-order valence-corrected chi connectivity index (χ3v) is 14.1. The molecule has 1 aromatic rings. The summed E-state index contributed by atoms with van der Waals surface area (Å²) in [5.41, 5.74) is 9.31. The number of amides is 1. The first kappa shape index (κ1) is 51.4. The third kappa shape index (κ3) is 13.1. The van der Waals surface area contributed by atoms with Crippen LogP contribution < -0.4 is 5.73 Å². The van der Waals surface area contributed by atoms with Crippen LogP contribution in [0.4, 0.5) is 4.39 Å². The number of hydrogen-bond acceptors (Lipinski definition) is 11. The lowest BCUT2D eigenvalue weighted by Crippen LogP contribution is -2.64. The van der Waals surface area contributed by atoms with Gasteiger partial charge in [0.05, 0.1) is 24.9 Å². The van der Waals surface area contributed by atoms with Crippen molar-refractivity contribution in [2.24, 2.45) is 35.3 Å². The zero-order chi connectivity index (χ0) is 46.7. The highest BCUT2D eigenvalue weighted by Crippen LogP contribution is 2.39. The molecule has 64 heavy (non-hydrogen) atoms. The van der Waals surface area contributed by atoms with Crippen LogP contribution in [0.3, 0.4) is 0 Å². The minimum atomic E-state index is -2.48. The number of esters is 1. The number of fused-ring (bicyclic) bond motifs is 3. The van der Waals surface area contributed by atoms with E-state index in [1.807, 2.05) is 39.8 Å². The van der Waals surface area contributed by atoms with Crippen molar-refractivity contribution in [3.05, 3.63) is 65.0 Å². The zero-order valence-corrected chi connectivity index (χ0v) is 39.5. The molecule has 1 aromatic carbocycles. The first-order valence-electron chi connectivity index (χ1n) is 23.7. The average Bonchev–Trinajstić information content (AvgIpc) is 3.28. The van der Waals surface area contributed by atoms with Gasteiger partial charge in [0.25, 0.3) is 11.7 Å². The predicted octanol–water partition coefficient (Wildman–Crippen LogP) is 7.69. The van der Waals surface area contributed by atoms with Gasteiger partial charge in [-0.15, -0.1) is 0 Å². The lowest BCUT2D eigenvalue weighted by molar-refractivity contribution is -0.302. The van der Waals surface area contributed by atoms with Crippen molar-refractivity contribution in [1.82, 2.24) is 4.90 Å². The largest absolute Gasteiger partial charge is 0.456 e. The van der Waals surface area contributed by atoms with Gasteiger partial charge in [0.15, 0.2) is 0 Å². The molecule has 1 amide bonds. The van der Waals surface area contributed by atoms with E-state index in [0.29, 0.717) is 58.0 Å². The van der Waals surface area contributed by atoms with Crippen LogP contribution in [0.2, 0.25) is 0 Å². The molecule has 0 aromatic heterocycles. The number of cyclic esters (lactones) is 1. The van der Waals surface area contributed by atoms with Crippen molar-refractivity contribution in [2.45, 2.75) is 167 Å². The molecule has 0 radical (unpaired) electrons. The number of piperidine rings is 1. The van der Waals surface area contributed by atoms with E-state index in [9.17, 15) is 28.7 Å². The van der Waals surface area contributed by atoms with E-state index in [4.69, 9.17) is 29.4 Å². The average molecular weight is 895 g/mol. The number of carbonyl (C=O) groups excluding carboxylic acids is 4. The van der Waals surface area contributed by atoms with E-state index in [1.54, 1.807) is 33.3 Å². The number of hydrogen-bond donors (Lipinski definition) is 2. The number of methoxy groups -OCH3 is 2. The van der Waals surface area contributed by atoms with Gasteiger partial charge in [-0.3, -0.25) is 14.4 Å². The van der Waals surface area contributed by atoms with Crippen LogP contribution in [0.1, 0.15) is 124 Å². The van der Waals surface area contributed by atoms with Crippen LogP contribution in [0, 0.1) is 35.4 Å². The summed E-state index contributed by atoms with van der Waals surface area (Å²) in [6.45, 7) is 12.2. The second kappa shape index (κ2) is 23.7. The number of aliphatic hydroxyl groups is 1. The van der Waals surface area contributed by atoms with Crippen molar-refractivity contribution in [1.29, 1.82) is 0 Å². The van der Waals surface area contributed by atoms with E-state index >= 15 is 0 Å². The van der Waals surface area contributed by atoms with Crippen LogP contribution in [0.15, 0.2) is 53.6 Å². The number of rotatable bonds is 9. The summed E-state index contributed by atoms with van der Waals surface area (Å²) in [5, 5.41) is 12.1. The number of halogens is 1. The molecule has 12 nitrogen and oxygen atoms in total. The standard InChI is InChI=1S/C51H75FN2O10/c1-9-38-26-31(2)25-32(3)27-44(60-7)47-45(61-8)29-35(6)51(59,64-47)48(56)49(57)54-23-11-10-14-41(54)50(58)63-46(33(4)15-22-42(38)55)34(5)28-37-18-21-40(53)43(30-37)62-24-12-13-36-16-19-39(52)20-17-36/h12-13,16-17,19-20,26,28,32-33,35,37-38,40-41,43-47,59H,9-11,14-15,18,21-25,27,29-30,53H2,1-8H3. The van der Waals surface area contributed by atoms with E-state index in [0.717, 1.165) is 29.6 Å². The van der Waals surface area contributed by atoms with Crippen molar-refractivity contribution < 1.29 is 52.4 Å². The molecule has 2 bridgehead atoms. The molecule has 13 atom stereocenters. The molecular weight excluding hydrogens is 820 g/mol. The molecule has 5 rings (SSSR count). The molecule has 2 saturated heterocycles. The van der Waals surface area contributed by atoms with E-state index < -0.39 is 59.8 Å². The van der Waals surface area contributed by atoms with Gasteiger partial charge in [-0.1, -0.05) is 69.7 Å². The molecule has 4 aliphatic rings. The Morgan fingerprint density at radius 2 is 1.67 bits per heavy atom. The molecule has 3 aliphatic heterocycles. The monoisotopic (exact) mass is 895 g/mol. The van der Waals surface area contributed by atoms with Gasteiger partial charge < -0.3 is 39.4 Å². The quantitative estimate of drug-likeness (QED) is 0.142. The van der Waals surface area contributed by atoms with Crippen molar-refractivity contribution >= 4 is 29.5 Å². The van der Waals surface area contributed by atoms with Gasteiger partial charge in [0.1, 0.15) is 29.9 Å². The van der Waals surface area contributed by atoms with E-state index in [1.165, 1.54) is 17.0 Å². The molecule has 13 heteroatoms. The van der Waals surface area contributed by atoms with E-state index in [2.05, 4.69) is 19.1 Å². The van der Waals surface area contributed by atoms with Crippen LogP contribution in [-0.2, 0) is 42.9 Å². The lowest BCUT2D eigenvalue weighted by Gasteiger charge is -2.47. The Balaban J connectivity index is 1.43. The predicted molar refractivity (Wildman–Crippen MR) is 243 cm³/mol. The maximum atomic E-state index is 14.5. The third-order valence-electron chi connectivity index (χ3n) is 14.1. The van der Waals surface area contributed by atoms with Gasteiger partial charge in [-0.25, -0.2) is 9.18 Å². The number of nitrogens with zero attached hydrogens (tertiary/aromatic N) is 1. The molecule has 3 N–H and O–H groups in total. The number of benzene rings is 1. The fourth-order valence-corrected chi connectivity index (χ4v) is 10.3. The summed E-state index contributed by atoms with van der Waals surface area (Å²) >= 11 is 0. The van der Waals surface area contributed by atoms with Crippen molar-refractivity contribution in [3.8, 4) is 0 Å². The van der Waals surface area contributed by atoms with Crippen LogP contribution >= 0.6 is 0 Å². The van der Waals surface area contributed by atoms with Crippen molar-refractivity contribution in [3.63, 3.8) is 0 Å². The van der Waals surface area contributed by atoms with Gasteiger partial charge >= 0.3 is 5.97 Å². The van der Waals surface area contributed by atoms with Crippen molar-refractivity contribution in [2.75, 3.05) is 27.4 Å². The highest BCUT2D eigenvalue weighted by atomic mass is 19.1. The molecule has 0 spiro atoms. The first-order valence-corrected chi connectivity index (χ1v) is 23.7. The summed E-state index contributed by atoms with van der Waals surface area (Å²) in [6.07, 6.45) is 11.6. The molecular formula is C51H75FN2O10. The Kier molecular flexibility index (Phi) is 19.1. The number of nitrogens with two attached hydrogens (primary N) is 1. The summed E-state index contributed by atoms with van der Waals surface area (Å²) in [7, 11) is 3.10. The number of carbonyl (C=O) groups is 4. The molecule has 356 valence electrons. The van der Waals surface area contributed by atoms with Gasteiger partial charge in [0, 0.05) is 45.1 Å². The molecule has 13 unspecified atom stereocenters. The minimum absolute atomic E-state index is 0.0753. The molecule has 1 saturated carbocycles. The highest BCUT2D eigenvalue weighted by molar-refractivity contribution is 6.39. The van der Waals surface area contributed by atoms with Gasteiger partial charge in [-0.2, -0.15) is 0 Å². The Labute approximate surface area is 380 Å². The SMILES string of the molecule is CCC1C=C(C)CC(C)CC(OC)C2OC(O)(C(=O)C(=O)N3CCCCC3C(=O)OC(C(C)=CC3CCC(N)C(OCC=Cc4ccc(F)cc4)C3)C(C)CCC1=O)C(C)CC2OC. The Morgan fingerprint density at radius 1 is 0.969 bits per heavy atom. The number of ether oxygens (including phenoxy) is 5. The first-order chi connectivity index (χ1) is 30.5. The summed E-state index contributed by atoms with van der Waals surface area (Å²) in [5.74, 6) is -6.61. The Bertz CT molecular complexity index is 1830. The fraction of sp³-hybridized carbons (Fsp3) is 0.686. The topological polar surface area (TPSA) is 164 Å². The van der Waals surface area contributed by atoms with Crippen LogP contribution in [-0.4, -0.2) is 109 Å². The number of ketones is 2. The lowest BCUT2D eigenvalue weighted by atomic mass is 9.81. The van der Waals surface area contributed by atoms with Gasteiger partial charge in [0.2, 0.25) is 5.79 Å². The fourth-order valence-electron chi connectivity index (χ4n) is 10.3. The Morgan fingerprint density at radius 3 is 2.36 bits per heavy atom. The smallest absolute Gasteiger partial charge is 0.329 e. The molecule has 3 heterocycles. The van der Waals surface area contributed by atoms with Crippen LogP contribution in [0.5, 0.6) is 0 Å². The minimum Gasteiger partial charge on any atom is -0.456 e. The second-order valence-corrected chi connectivity index (χ2v) is 19.2. The normalized spacial score (nSPS) is 36.0. The number of allylic oxidation sites excluding steroid dienone is 3. The molecule has 1 aliphatic carbocycles. The summed E-state index contributed by atoms with van der Waals surface area (Å²) in [6, 6.07) is 5.02. The maximum absolute atomic E-state index is 14.5. The van der Waals surface area contributed by atoms with E-state index in [-0.39, 0.29) is 66.8 Å². The second-order valence-electron chi connectivity index (χ2n) is 19.2. The number of Topliss-reactive ketones (excluding diaryl/α,β-unsaturated/α-hetero) is 2. The zero-order valence-electron chi connectivity index (χ0n) is 39.5. The Hall–Kier alpha value is -3.59. The summed E-state index contributed by atoms with van der Waals surface area (Å²) < 4.78 is 44.1. The molecule has 3 fully saturated rings.